The number of nitrogens with two attached hydrogens (primary N) is 1. The van der Waals surface area contributed by atoms with Crippen LogP contribution in [0.4, 0.5) is 11.4 Å². The molecular formula is C26H31N5. The zero-order valence-electron chi connectivity index (χ0n) is 18.7. The second-order valence-electron chi connectivity index (χ2n) is 8.64. The molecule has 0 aliphatic carbocycles. The minimum Gasteiger partial charge on any atom is -0.384 e. The number of aliphatic imine (C=N–C) groups is 1. The number of para-hydroxylation sites is 1. The molecule has 5 nitrogen and oxygen atoms in total. The van der Waals surface area contributed by atoms with Crippen molar-refractivity contribution in [3.05, 3.63) is 90.9 Å². The van der Waals surface area contributed by atoms with Gasteiger partial charge in [-0.2, -0.15) is 0 Å². The molecule has 0 bridgehead atoms. The number of nitrogens with one attached hydrogen (secondary N) is 3. The van der Waals surface area contributed by atoms with Gasteiger partial charge in [0.15, 0.2) is 0 Å². The number of allylic oxidation sites excluding steroid dienone is 1. The predicted octanol–water partition coefficient (Wildman–Crippen LogP) is 6.48. The van der Waals surface area contributed by atoms with Crippen molar-refractivity contribution in [3.63, 3.8) is 0 Å². The molecule has 1 heterocycles. The van der Waals surface area contributed by atoms with Crippen LogP contribution in [-0.2, 0) is 0 Å². The molecule has 5 N–H and O–H groups in total. The topological polar surface area (TPSA) is 78.2 Å². The molecule has 3 aromatic rings. The number of H-pyrrole nitrogens is 1. The second-order valence-corrected chi connectivity index (χ2v) is 8.64. The Labute approximate surface area is 184 Å². The fourth-order valence-electron chi connectivity index (χ4n) is 2.94. The lowest BCUT2D eigenvalue weighted by molar-refractivity contribution is 0.504. The summed E-state index contributed by atoms with van der Waals surface area (Å²) in [6, 6.07) is 18.1. The number of anilines is 2. The van der Waals surface area contributed by atoms with Crippen molar-refractivity contribution < 1.29 is 0 Å². The van der Waals surface area contributed by atoms with E-state index in [1.165, 1.54) is 0 Å². The lowest BCUT2D eigenvalue weighted by Gasteiger charge is -2.19. The van der Waals surface area contributed by atoms with Crippen LogP contribution < -0.4 is 16.4 Å². The first-order chi connectivity index (χ1) is 14.6. The number of amidine groups is 1. The van der Waals surface area contributed by atoms with Crippen LogP contribution in [0.5, 0.6) is 0 Å². The first-order valence-corrected chi connectivity index (χ1v) is 10.2. The fraction of sp³-hybridized carbons (Fsp3) is 0.192. The highest BCUT2D eigenvalue weighted by Crippen LogP contribution is 2.24. The minimum atomic E-state index is 0.0502. The molecule has 31 heavy (non-hydrogen) atoms. The highest BCUT2D eigenvalue weighted by molar-refractivity contribution is 5.93. The van der Waals surface area contributed by atoms with Crippen molar-refractivity contribution >= 4 is 33.8 Å². The zero-order chi connectivity index (χ0) is 22.6. The van der Waals surface area contributed by atoms with Crippen LogP contribution >= 0.6 is 0 Å². The Bertz CT molecular complexity index is 1120. The summed E-state index contributed by atoms with van der Waals surface area (Å²) in [6.45, 7) is 16.6. The Morgan fingerprint density at radius 2 is 1.61 bits per heavy atom. The Balaban J connectivity index is 1.61. The van der Waals surface area contributed by atoms with E-state index in [0.29, 0.717) is 11.7 Å². The molecule has 0 saturated carbocycles. The van der Waals surface area contributed by atoms with Crippen LogP contribution in [0.15, 0.2) is 90.2 Å². The van der Waals surface area contributed by atoms with Crippen molar-refractivity contribution in [1.82, 2.24) is 4.98 Å². The van der Waals surface area contributed by atoms with E-state index in [1.807, 2.05) is 49.4 Å². The lowest BCUT2D eigenvalue weighted by Crippen LogP contribution is -2.15. The summed E-state index contributed by atoms with van der Waals surface area (Å²) in [5.41, 5.74) is 11.9. The maximum absolute atomic E-state index is 6.04. The van der Waals surface area contributed by atoms with Gasteiger partial charge >= 0.3 is 0 Å². The Morgan fingerprint density at radius 1 is 1.00 bits per heavy atom. The minimum absolute atomic E-state index is 0.0502. The smallest absolute Gasteiger partial charge is 0.125 e. The van der Waals surface area contributed by atoms with E-state index in [0.717, 1.165) is 39.2 Å². The standard InChI is InChI=1S/C26H31N5/c1-17(26(4,5)6)15-25(27)30-19(3)29-22-13-11-21(12-14-22)28-18(2)24-16-20-9-7-8-10-23(20)31-24/h7-16,28-29,31H,2-3H2,1,4-6H3,(H2,27,30)/b17-15+. The van der Waals surface area contributed by atoms with E-state index in [9.17, 15) is 0 Å². The maximum Gasteiger partial charge on any atom is 0.125 e. The van der Waals surface area contributed by atoms with Gasteiger partial charge in [-0.05, 0) is 54.8 Å². The normalized spacial score (nSPS) is 12.6. The van der Waals surface area contributed by atoms with Crippen molar-refractivity contribution in [1.29, 1.82) is 0 Å². The Hall–Kier alpha value is -3.73. The van der Waals surface area contributed by atoms with Gasteiger partial charge in [0.2, 0.25) is 0 Å². The van der Waals surface area contributed by atoms with Crippen LogP contribution in [0.25, 0.3) is 16.6 Å². The fourth-order valence-corrected chi connectivity index (χ4v) is 2.94. The maximum atomic E-state index is 6.04. The van der Waals surface area contributed by atoms with Crippen molar-refractivity contribution in [3.8, 4) is 0 Å². The molecule has 0 fully saturated rings. The van der Waals surface area contributed by atoms with Crippen LogP contribution in [0.2, 0.25) is 0 Å². The van der Waals surface area contributed by atoms with Gasteiger partial charge in [-0.15, -0.1) is 0 Å². The number of hydrogen-bond acceptors (Lipinski definition) is 3. The summed E-state index contributed by atoms with van der Waals surface area (Å²) in [5.74, 6) is 0.913. The average molecular weight is 414 g/mol. The largest absolute Gasteiger partial charge is 0.384 e. The third-order valence-electron chi connectivity index (χ3n) is 5.14. The molecule has 0 spiro atoms. The summed E-state index contributed by atoms with van der Waals surface area (Å²) in [6.07, 6.45) is 1.88. The molecule has 0 aliphatic rings. The molecule has 0 saturated heterocycles. The number of rotatable bonds is 7. The molecular weight excluding hydrogens is 382 g/mol. The van der Waals surface area contributed by atoms with Crippen LogP contribution in [0, 0.1) is 5.41 Å². The summed E-state index contributed by atoms with van der Waals surface area (Å²) < 4.78 is 0. The molecule has 0 amide bonds. The Morgan fingerprint density at radius 3 is 2.23 bits per heavy atom. The third-order valence-corrected chi connectivity index (χ3v) is 5.14. The highest BCUT2D eigenvalue weighted by atomic mass is 15.1. The number of nitrogens with zero attached hydrogens (tertiary/aromatic N) is 1. The highest BCUT2D eigenvalue weighted by Gasteiger charge is 2.12. The molecule has 0 unspecified atom stereocenters. The second kappa shape index (κ2) is 8.96. The molecule has 160 valence electrons. The van der Waals surface area contributed by atoms with Gasteiger partial charge in [0.1, 0.15) is 11.7 Å². The van der Waals surface area contributed by atoms with Gasteiger partial charge in [-0.25, -0.2) is 4.99 Å². The summed E-state index contributed by atoms with van der Waals surface area (Å²) >= 11 is 0. The number of aromatic amines is 1. The Kier molecular flexibility index (Phi) is 6.35. The molecule has 0 radical (unpaired) electrons. The molecule has 2 aromatic carbocycles. The third kappa shape index (κ3) is 5.89. The number of aromatic nitrogens is 1. The van der Waals surface area contributed by atoms with Crippen LogP contribution in [0.1, 0.15) is 33.4 Å². The van der Waals surface area contributed by atoms with Gasteiger partial charge in [0, 0.05) is 22.3 Å². The first kappa shape index (κ1) is 22.0. The SMILES string of the molecule is C=C(/N=C(N)\C=C(/C)C(C)(C)C)Nc1ccc(NC(=C)c2cc3ccccc3[nH]2)cc1. The van der Waals surface area contributed by atoms with Gasteiger partial charge < -0.3 is 21.4 Å². The monoisotopic (exact) mass is 413 g/mol. The number of hydrogen-bond donors (Lipinski definition) is 4. The van der Waals surface area contributed by atoms with Crippen LogP contribution in [0.3, 0.4) is 0 Å². The average Bonchev–Trinajstić information content (AvgIpc) is 3.13. The summed E-state index contributed by atoms with van der Waals surface area (Å²) in [4.78, 5) is 7.71. The molecule has 1 aromatic heterocycles. The zero-order valence-corrected chi connectivity index (χ0v) is 18.7. The molecule has 5 heteroatoms. The molecule has 0 aliphatic heterocycles. The van der Waals surface area contributed by atoms with E-state index in [-0.39, 0.29) is 5.41 Å². The summed E-state index contributed by atoms with van der Waals surface area (Å²) in [5, 5.41) is 7.66. The quantitative estimate of drug-likeness (QED) is 0.264. The van der Waals surface area contributed by atoms with E-state index in [1.54, 1.807) is 0 Å². The summed E-state index contributed by atoms with van der Waals surface area (Å²) in [7, 11) is 0. The predicted molar refractivity (Wildman–Crippen MR) is 135 cm³/mol. The van der Waals surface area contributed by atoms with Crippen molar-refractivity contribution in [2.45, 2.75) is 27.7 Å². The van der Waals surface area contributed by atoms with Crippen molar-refractivity contribution in [2.24, 2.45) is 16.1 Å². The van der Waals surface area contributed by atoms with Gasteiger partial charge in [0.05, 0.1) is 11.4 Å². The first-order valence-electron chi connectivity index (χ1n) is 10.2. The number of benzene rings is 2. The van der Waals surface area contributed by atoms with Crippen LogP contribution in [-0.4, -0.2) is 10.8 Å². The lowest BCUT2D eigenvalue weighted by atomic mass is 9.87. The molecule has 0 atom stereocenters. The van der Waals surface area contributed by atoms with Gasteiger partial charge in [0.25, 0.3) is 0 Å². The van der Waals surface area contributed by atoms with Gasteiger partial charge in [-0.1, -0.05) is 57.7 Å². The van der Waals surface area contributed by atoms with E-state index >= 15 is 0 Å². The van der Waals surface area contributed by atoms with Gasteiger partial charge in [-0.3, -0.25) is 0 Å². The molecule has 3 rings (SSSR count). The van der Waals surface area contributed by atoms with E-state index in [4.69, 9.17) is 5.73 Å². The number of fused-ring (bicyclic) bond motifs is 1. The van der Waals surface area contributed by atoms with E-state index in [2.05, 4.69) is 72.7 Å². The van der Waals surface area contributed by atoms with E-state index < -0.39 is 0 Å². The van der Waals surface area contributed by atoms with Crippen molar-refractivity contribution in [2.75, 3.05) is 10.6 Å².